The molecule has 0 aliphatic carbocycles. The third kappa shape index (κ3) is 4.55. The van der Waals surface area contributed by atoms with E-state index in [2.05, 4.69) is 22.4 Å². The maximum atomic E-state index is 12.3. The summed E-state index contributed by atoms with van der Waals surface area (Å²) in [7, 11) is 0. The zero-order valence-electron chi connectivity index (χ0n) is 15.9. The number of carbonyl (C=O) groups is 1. The highest BCUT2D eigenvalue weighted by Crippen LogP contribution is 2.32. The van der Waals surface area contributed by atoms with Crippen LogP contribution in [-0.2, 0) is 4.79 Å². The van der Waals surface area contributed by atoms with Gasteiger partial charge in [0.1, 0.15) is 17.0 Å². The molecule has 0 bridgehead atoms. The van der Waals surface area contributed by atoms with Crippen LogP contribution in [-0.4, -0.2) is 24.1 Å². The fraction of sp³-hybridized carbons (Fsp3) is 0.130. The van der Waals surface area contributed by atoms with Crippen LogP contribution in [0.25, 0.3) is 21.3 Å². The van der Waals surface area contributed by atoms with Crippen LogP contribution >= 0.6 is 11.3 Å². The second kappa shape index (κ2) is 8.75. The molecule has 0 aliphatic rings. The molecule has 1 amide bonds. The van der Waals surface area contributed by atoms with Crippen LogP contribution in [0.4, 0.5) is 5.13 Å². The Labute approximate surface area is 172 Å². The van der Waals surface area contributed by atoms with E-state index >= 15 is 0 Å². The number of anilines is 1. The standard InChI is InChI=1S/C23H20N2O3S/c1-2-27-19-9-6-10-20-22(19)25-23(29-20)24-21(26)15-28-18-13-11-17(12-14-18)16-7-4-3-5-8-16/h3-14H,2,15H2,1H3,(H,24,25,26). The van der Waals surface area contributed by atoms with E-state index < -0.39 is 0 Å². The maximum absolute atomic E-state index is 12.3. The quantitative estimate of drug-likeness (QED) is 0.449. The summed E-state index contributed by atoms with van der Waals surface area (Å²) >= 11 is 1.41. The summed E-state index contributed by atoms with van der Waals surface area (Å²) in [5, 5.41) is 3.32. The Morgan fingerprint density at radius 3 is 2.45 bits per heavy atom. The minimum absolute atomic E-state index is 0.0844. The smallest absolute Gasteiger partial charge is 0.264 e. The third-order valence-electron chi connectivity index (χ3n) is 4.26. The molecule has 4 rings (SSSR count). The summed E-state index contributed by atoms with van der Waals surface area (Å²) in [5.74, 6) is 1.11. The van der Waals surface area contributed by atoms with Gasteiger partial charge in [0.25, 0.3) is 5.91 Å². The molecule has 4 aromatic rings. The van der Waals surface area contributed by atoms with Gasteiger partial charge in [-0.1, -0.05) is 59.9 Å². The molecule has 29 heavy (non-hydrogen) atoms. The zero-order chi connectivity index (χ0) is 20.1. The molecule has 146 valence electrons. The Balaban J connectivity index is 1.36. The van der Waals surface area contributed by atoms with Crippen LogP contribution < -0.4 is 14.8 Å². The zero-order valence-corrected chi connectivity index (χ0v) is 16.7. The van der Waals surface area contributed by atoms with Gasteiger partial charge < -0.3 is 9.47 Å². The number of nitrogens with one attached hydrogen (secondary N) is 1. The highest BCUT2D eigenvalue weighted by atomic mass is 32.1. The van der Waals surface area contributed by atoms with Crippen LogP contribution in [0.3, 0.4) is 0 Å². The lowest BCUT2D eigenvalue weighted by atomic mass is 10.1. The molecule has 3 aromatic carbocycles. The fourth-order valence-corrected chi connectivity index (χ4v) is 3.83. The summed E-state index contributed by atoms with van der Waals surface area (Å²) in [6.45, 7) is 2.41. The van der Waals surface area contributed by atoms with Crippen LogP contribution in [0.2, 0.25) is 0 Å². The number of benzene rings is 3. The van der Waals surface area contributed by atoms with Gasteiger partial charge in [-0.15, -0.1) is 0 Å². The van der Waals surface area contributed by atoms with E-state index in [-0.39, 0.29) is 12.5 Å². The molecule has 5 nitrogen and oxygen atoms in total. The van der Waals surface area contributed by atoms with Crippen molar-refractivity contribution in [1.82, 2.24) is 4.98 Å². The molecule has 0 saturated carbocycles. The number of ether oxygens (including phenoxy) is 2. The molecular formula is C23H20N2O3S. The van der Waals surface area contributed by atoms with Gasteiger partial charge in [-0.2, -0.15) is 0 Å². The molecule has 0 radical (unpaired) electrons. The van der Waals surface area contributed by atoms with Crippen LogP contribution in [0, 0.1) is 0 Å². The Morgan fingerprint density at radius 1 is 0.931 bits per heavy atom. The molecule has 0 atom stereocenters. The van der Waals surface area contributed by atoms with Crippen molar-refractivity contribution < 1.29 is 14.3 Å². The second-order valence-corrected chi connectivity index (χ2v) is 7.31. The Morgan fingerprint density at radius 2 is 1.69 bits per heavy atom. The Kier molecular flexibility index (Phi) is 5.72. The normalized spacial score (nSPS) is 10.7. The number of hydrogen-bond donors (Lipinski definition) is 1. The van der Waals surface area contributed by atoms with Crippen molar-refractivity contribution >= 4 is 32.6 Å². The van der Waals surface area contributed by atoms with Crippen molar-refractivity contribution in [2.45, 2.75) is 6.92 Å². The lowest BCUT2D eigenvalue weighted by molar-refractivity contribution is -0.118. The van der Waals surface area contributed by atoms with Crippen LogP contribution in [0.1, 0.15) is 6.92 Å². The van der Waals surface area contributed by atoms with E-state index in [9.17, 15) is 4.79 Å². The van der Waals surface area contributed by atoms with Gasteiger partial charge in [-0.05, 0) is 42.3 Å². The number of carbonyl (C=O) groups excluding carboxylic acids is 1. The van der Waals surface area contributed by atoms with Crippen molar-refractivity contribution in [3.8, 4) is 22.6 Å². The van der Waals surface area contributed by atoms with Crippen molar-refractivity contribution in [3.63, 3.8) is 0 Å². The molecule has 1 N–H and O–H groups in total. The largest absolute Gasteiger partial charge is 0.492 e. The summed E-state index contributed by atoms with van der Waals surface area (Å²) in [6.07, 6.45) is 0. The minimum atomic E-state index is -0.255. The topological polar surface area (TPSA) is 60.5 Å². The number of para-hydroxylation sites is 1. The summed E-state index contributed by atoms with van der Waals surface area (Å²) < 4.78 is 12.2. The first-order chi connectivity index (χ1) is 14.2. The van der Waals surface area contributed by atoms with Gasteiger partial charge in [0.2, 0.25) is 0 Å². The fourth-order valence-electron chi connectivity index (χ4n) is 2.93. The average molecular weight is 404 g/mol. The second-order valence-electron chi connectivity index (χ2n) is 6.28. The highest BCUT2D eigenvalue weighted by molar-refractivity contribution is 7.22. The molecule has 0 spiro atoms. The van der Waals surface area contributed by atoms with Gasteiger partial charge in [0, 0.05) is 0 Å². The maximum Gasteiger partial charge on any atom is 0.264 e. The predicted octanol–water partition coefficient (Wildman–Crippen LogP) is 5.38. The number of hydrogen-bond acceptors (Lipinski definition) is 5. The van der Waals surface area contributed by atoms with E-state index in [1.807, 2.05) is 67.6 Å². The summed E-state index contributed by atoms with van der Waals surface area (Å²) in [6, 6.07) is 23.5. The SMILES string of the molecule is CCOc1cccc2sc(NC(=O)COc3ccc(-c4ccccc4)cc3)nc12. The first-order valence-electron chi connectivity index (χ1n) is 9.33. The predicted molar refractivity (Wildman–Crippen MR) is 117 cm³/mol. The number of rotatable bonds is 7. The van der Waals surface area contributed by atoms with E-state index in [0.29, 0.717) is 17.5 Å². The molecule has 0 saturated heterocycles. The van der Waals surface area contributed by atoms with Crippen molar-refractivity contribution in [2.75, 3.05) is 18.5 Å². The molecule has 0 aliphatic heterocycles. The Hall–Kier alpha value is -3.38. The van der Waals surface area contributed by atoms with Crippen molar-refractivity contribution in [3.05, 3.63) is 72.8 Å². The Bertz CT molecular complexity index is 1110. The van der Waals surface area contributed by atoms with E-state index in [4.69, 9.17) is 9.47 Å². The van der Waals surface area contributed by atoms with Crippen molar-refractivity contribution in [2.24, 2.45) is 0 Å². The lowest BCUT2D eigenvalue weighted by Gasteiger charge is -2.07. The molecule has 1 aromatic heterocycles. The highest BCUT2D eigenvalue weighted by Gasteiger charge is 2.12. The van der Waals surface area contributed by atoms with E-state index in [1.165, 1.54) is 11.3 Å². The van der Waals surface area contributed by atoms with Gasteiger partial charge in [-0.3, -0.25) is 10.1 Å². The first kappa shape index (κ1) is 19.0. The van der Waals surface area contributed by atoms with Crippen LogP contribution in [0.5, 0.6) is 11.5 Å². The summed E-state index contributed by atoms with van der Waals surface area (Å²) in [4.78, 5) is 16.7. The molecule has 6 heteroatoms. The lowest BCUT2D eigenvalue weighted by Crippen LogP contribution is -2.19. The van der Waals surface area contributed by atoms with Crippen molar-refractivity contribution in [1.29, 1.82) is 0 Å². The van der Waals surface area contributed by atoms with Gasteiger partial charge >= 0.3 is 0 Å². The first-order valence-corrected chi connectivity index (χ1v) is 10.1. The molecule has 0 fully saturated rings. The third-order valence-corrected chi connectivity index (χ3v) is 5.20. The van der Waals surface area contributed by atoms with Crippen LogP contribution in [0.15, 0.2) is 72.8 Å². The summed E-state index contributed by atoms with van der Waals surface area (Å²) in [5.41, 5.74) is 2.99. The average Bonchev–Trinajstić information content (AvgIpc) is 3.17. The number of fused-ring (bicyclic) bond motifs is 1. The molecule has 0 unspecified atom stereocenters. The van der Waals surface area contributed by atoms with Gasteiger partial charge in [-0.25, -0.2) is 4.98 Å². The number of nitrogens with zero attached hydrogens (tertiary/aromatic N) is 1. The van der Waals surface area contributed by atoms with Gasteiger partial charge in [0.05, 0.1) is 11.3 Å². The van der Waals surface area contributed by atoms with E-state index in [1.54, 1.807) is 0 Å². The van der Waals surface area contributed by atoms with Gasteiger partial charge in [0.15, 0.2) is 11.7 Å². The molecular weight excluding hydrogens is 384 g/mol. The van der Waals surface area contributed by atoms with E-state index in [0.717, 1.165) is 27.1 Å². The number of amides is 1. The minimum Gasteiger partial charge on any atom is -0.492 e. The monoisotopic (exact) mass is 404 g/mol. The number of thiazole rings is 1. The molecule has 1 heterocycles. The number of aromatic nitrogens is 1.